The van der Waals surface area contributed by atoms with Crippen LogP contribution in [0.15, 0.2) is 22.0 Å². The maximum Gasteiger partial charge on any atom is 0.328 e. The average molecular weight is 346 g/mol. The molecule has 1 aromatic rings. The van der Waals surface area contributed by atoms with Gasteiger partial charge in [0.1, 0.15) is 0 Å². The molecule has 1 fully saturated rings. The van der Waals surface area contributed by atoms with Gasteiger partial charge in [-0.2, -0.15) is 0 Å². The van der Waals surface area contributed by atoms with Gasteiger partial charge in [0.2, 0.25) is 5.91 Å². The molecule has 1 N–H and O–H groups in total. The standard InChI is InChI=1S/C12H12BrNO4S/c13-10-3-1-8(19-10)2-4-11(15)14-5-6-18-7-9(14)12(16)17/h1-4,9H,5-7H2,(H,16,17)/b4-2+. The number of carboxylic acids is 1. The zero-order chi connectivity index (χ0) is 13.8. The number of hydrogen-bond acceptors (Lipinski definition) is 4. The van der Waals surface area contributed by atoms with E-state index in [0.717, 1.165) is 8.66 Å². The van der Waals surface area contributed by atoms with Crippen molar-refractivity contribution in [1.29, 1.82) is 0 Å². The van der Waals surface area contributed by atoms with Crippen LogP contribution in [-0.2, 0) is 14.3 Å². The number of nitrogens with zero attached hydrogens (tertiary/aromatic N) is 1. The first kappa shape index (κ1) is 14.2. The molecule has 0 radical (unpaired) electrons. The van der Waals surface area contributed by atoms with Crippen molar-refractivity contribution in [3.63, 3.8) is 0 Å². The van der Waals surface area contributed by atoms with Crippen LogP contribution in [0.5, 0.6) is 0 Å². The highest BCUT2D eigenvalue weighted by atomic mass is 79.9. The van der Waals surface area contributed by atoms with Crippen LogP contribution in [-0.4, -0.2) is 47.7 Å². The predicted molar refractivity (Wildman–Crippen MR) is 75.0 cm³/mol. The molecule has 0 aliphatic carbocycles. The van der Waals surface area contributed by atoms with Crippen LogP contribution in [0.2, 0.25) is 0 Å². The van der Waals surface area contributed by atoms with Crippen molar-refractivity contribution < 1.29 is 19.4 Å². The van der Waals surface area contributed by atoms with Crippen molar-refractivity contribution in [3.8, 4) is 0 Å². The number of thiophene rings is 1. The highest BCUT2D eigenvalue weighted by Crippen LogP contribution is 2.23. The maximum atomic E-state index is 12.0. The average Bonchev–Trinajstić information content (AvgIpc) is 2.81. The minimum absolute atomic E-state index is 0.0411. The SMILES string of the molecule is O=C(O)C1COCCN1C(=O)/C=C/c1ccc(Br)s1. The van der Waals surface area contributed by atoms with Crippen LogP contribution >= 0.6 is 27.3 Å². The highest BCUT2D eigenvalue weighted by Gasteiger charge is 2.31. The van der Waals surface area contributed by atoms with E-state index in [0.29, 0.717) is 13.2 Å². The number of morpholine rings is 1. The summed E-state index contributed by atoms with van der Waals surface area (Å²) in [4.78, 5) is 25.3. The molecule has 0 aromatic carbocycles. The Morgan fingerprint density at radius 2 is 2.32 bits per heavy atom. The van der Waals surface area contributed by atoms with Crippen LogP contribution in [0.25, 0.3) is 6.08 Å². The molecule has 0 saturated carbocycles. The lowest BCUT2D eigenvalue weighted by Gasteiger charge is -2.31. The van der Waals surface area contributed by atoms with Crippen LogP contribution in [0.4, 0.5) is 0 Å². The van der Waals surface area contributed by atoms with Crippen molar-refractivity contribution in [2.24, 2.45) is 0 Å². The summed E-state index contributed by atoms with van der Waals surface area (Å²) in [6.45, 7) is 0.710. The second-order valence-electron chi connectivity index (χ2n) is 3.94. The Kier molecular flexibility index (Phi) is 4.73. The Labute approximate surface area is 122 Å². The first-order valence-corrected chi connectivity index (χ1v) is 7.23. The zero-order valence-electron chi connectivity index (χ0n) is 9.91. The third-order valence-electron chi connectivity index (χ3n) is 2.68. The predicted octanol–water partition coefficient (Wildman–Crippen LogP) is 1.84. The molecule has 1 aromatic heterocycles. The Hall–Kier alpha value is -1.18. The molecule has 1 saturated heterocycles. The number of aliphatic carboxylic acids is 1. The Morgan fingerprint density at radius 3 is 2.95 bits per heavy atom. The first-order valence-electron chi connectivity index (χ1n) is 5.62. The fourth-order valence-corrected chi connectivity index (χ4v) is 3.07. The van der Waals surface area contributed by atoms with Crippen molar-refractivity contribution in [2.45, 2.75) is 6.04 Å². The summed E-state index contributed by atoms with van der Waals surface area (Å²) in [7, 11) is 0. The van der Waals surface area contributed by atoms with Crippen LogP contribution in [0, 0.1) is 0 Å². The molecule has 0 spiro atoms. The van der Waals surface area contributed by atoms with Gasteiger partial charge in [-0.15, -0.1) is 11.3 Å². The van der Waals surface area contributed by atoms with Crippen molar-refractivity contribution in [3.05, 3.63) is 26.9 Å². The highest BCUT2D eigenvalue weighted by molar-refractivity contribution is 9.11. The molecule has 5 nitrogen and oxygen atoms in total. The second-order valence-corrected chi connectivity index (χ2v) is 6.43. The monoisotopic (exact) mass is 345 g/mol. The van der Waals surface area contributed by atoms with Crippen molar-refractivity contribution in [1.82, 2.24) is 4.90 Å². The molecular formula is C12H12BrNO4S. The number of carboxylic acid groups (broad SMARTS) is 1. The van der Waals surface area contributed by atoms with Crippen LogP contribution in [0.1, 0.15) is 4.88 Å². The van der Waals surface area contributed by atoms with Crippen LogP contribution < -0.4 is 0 Å². The van der Waals surface area contributed by atoms with Gasteiger partial charge in [0.25, 0.3) is 0 Å². The summed E-state index contributed by atoms with van der Waals surface area (Å²) in [5.74, 6) is -1.35. The minimum Gasteiger partial charge on any atom is -0.480 e. The normalized spacial score (nSPS) is 19.8. The Bertz CT molecular complexity index is 514. The van der Waals surface area contributed by atoms with Crippen LogP contribution in [0.3, 0.4) is 0 Å². The van der Waals surface area contributed by atoms with E-state index in [4.69, 9.17) is 9.84 Å². The lowest BCUT2D eigenvalue weighted by Crippen LogP contribution is -2.52. The number of amides is 1. The molecule has 1 amide bonds. The summed E-state index contributed by atoms with van der Waals surface area (Å²) < 4.78 is 6.07. The van der Waals surface area contributed by atoms with Gasteiger partial charge in [-0.3, -0.25) is 4.79 Å². The summed E-state index contributed by atoms with van der Waals surface area (Å²) in [6.07, 6.45) is 3.09. The summed E-state index contributed by atoms with van der Waals surface area (Å²) >= 11 is 4.84. The lowest BCUT2D eigenvalue weighted by molar-refractivity contribution is -0.156. The van der Waals surface area contributed by atoms with Gasteiger partial charge < -0.3 is 14.7 Å². The molecule has 7 heteroatoms. The third-order valence-corrected chi connectivity index (χ3v) is 4.27. The minimum atomic E-state index is -1.04. The molecule has 2 heterocycles. The molecular weight excluding hydrogens is 334 g/mol. The second kappa shape index (κ2) is 6.31. The quantitative estimate of drug-likeness (QED) is 0.848. The zero-order valence-corrected chi connectivity index (χ0v) is 12.3. The van der Waals surface area contributed by atoms with Gasteiger partial charge in [0.15, 0.2) is 6.04 Å². The number of carbonyl (C=O) groups excluding carboxylic acids is 1. The van der Waals surface area contributed by atoms with Gasteiger partial charge >= 0.3 is 5.97 Å². The molecule has 19 heavy (non-hydrogen) atoms. The molecule has 2 rings (SSSR count). The van der Waals surface area contributed by atoms with Crippen molar-refractivity contribution >= 4 is 45.2 Å². The van der Waals surface area contributed by atoms with E-state index in [1.165, 1.54) is 22.3 Å². The van der Waals surface area contributed by atoms with Gasteiger partial charge in [-0.1, -0.05) is 0 Å². The van der Waals surface area contributed by atoms with E-state index in [1.54, 1.807) is 6.08 Å². The number of ether oxygens (including phenoxy) is 1. The molecule has 0 bridgehead atoms. The maximum absolute atomic E-state index is 12.0. The fraction of sp³-hybridized carbons (Fsp3) is 0.333. The fourth-order valence-electron chi connectivity index (χ4n) is 1.74. The van der Waals surface area contributed by atoms with E-state index in [1.807, 2.05) is 12.1 Å². The molecule has 1 atom stereocenters. The van der Waals surface area contributed by atoms with Crippen molar-refractivity contribution in [2.75, 3.05) is 19.8 Å². The Morgan fingerprint density at radius 1 is 1.53 bits per heavy atom. The van der Waals surface area contributed by atoms with Gasteiger partial charge in [0.05, 0.1) is 17.0 Å². The van der Waals surface area contributed by atoms with Gasteiger partial charge in [-0.25, -0.2) is 4.79 Å². The number of hydrogen-bond donors (Lipinski definition) is 1. The largest absolute Gasteiger partial charge is 0.480 e. The first-order chi connectivity index (χ1) is 9.08. The molecule has 1 aliphatic rings. The molecule has 1 aliphatic heterocycles. The number of halogens is 1. The number of rotatable bonds is 3. The Balaban J connectivity index is 2.05. The third kappa shape index (κ3) is 3.65. The summed E-state index contributed by atoms with van der Waals surface area (Å²) in [5.41, 5.74) is 0. The number of carbonyl (C=O) groups is 2. The van der Waals surface area contributed by atoms with E-state index < -0.39 is 12.0 Å². The molecule has 1 unspecified atom stereocenters. The van der Waals surface area contributed by atoms with E-state index >= 15 is 0 Å². The van der Waals surface area contributed by atoms with E-state index in [-0.39, 0.29) is 12.5 Å². The summed E-state index contributed by atoms with van der Waals surface area (Å²) in [6, 6.07) is 2.87. The van der Waals surface area contributed by atoms with E-state index in [2.05, 4.69) is 15.9 Å². The smallest absolute Gasteiger partial charge is 0.328 e. The summed E-state index contributed by atoms with van der Waals surface area (Å²) in [5, 5.41) is 9.04. The lowest BCUT2D eigenvalue weighted by atomic mass is 10.2. The topological polar surface area (TPSA) is 66.8 Å². The molecule has 102 valence electrons. The van der Waals surface area contributed by atoms with Gasteiger partial charge in [0, 0.05) is 17.5 Å². The van der Waals surface area contributed by atoms with Gasteiger partial charge in [-0.05, 0) is 34.1 Å². The van der Waals surface area contributed by atoms with E-state index in [9.17, 15) is 9.59 Å².